The molecule has 2 aromatic heterocycles. The summed E-state index contributed by atoms with van der Waals surface area (Å²) in [5.74, 6) is -1.66. The van der Waals surface area contributed by atoms with Crippen LogP contribution in [0, 0.1) is 6.92 Å². The van der Waals surface area contributed by atoms with Gasteiger partial charge >= 0.3 is 0 Å². The van der Waals surface area contributed by atoms with E-state index in [0.29, 0.717) is 11.3 Å². The lowest BCUT2D eigenvalue weighted by Crippen LogP contribution is -2.47. The van der Waals surface area contributed by atoms with Gasteiger partial charge in [-0.1, -0.05) is 43.5 Å². The largest absolute Gasteiger partial charge is 0.395 e. The van der Waals surface area contributed by atoms with Gasteiger partial charge in [-0.2, -0.15) is 4.37 Å². The summed E-state index contributed by atoms with van der Waals surface area (Å²) < 4.78 is 4.03. The van der Waals surface area contributed by atoms with Crippen molar-refractivity contribution in [2.75, 3.05) is 10.6 Å². The number of pyridine rings is 1. The number of carbonyl (C=O) groups is 3. The topological polar surface area (TPSA) is 144 Å². The molecule has 10 heteroatoms. The second kappa shape index (κ2) is 11.2. The van der Waals surface area contributed by atoms with Crippen LogP contribution in [0.5, 0.6) is 0 Å². The summed E-state index contributed by atoms with van der Waals surface area (Å²) in [6, 6.07) is 15.7. The summed E-state index contributed by atoms with van der Waals surface area (Å²) in [5.41, 5.74) is 14.2. The molecule has 2 heterocycles. The predicted molar refractivity (Wildman–Crippen MR) is 153 cm³/mol. The lowest BCUT2D eigenvalue weighted by molar-refractivity contribution is -0.123. The molecule has 2 aromatic carbocycles. The number of hydrogen-bond acceptors (Lipinski definition) is 7. The number of rotatable bonds is 7. The predicted octanol–water partition coefficient (Wildman–Crippen LogP) is 4.52. The van der Waals surface area contributed by atoms with Gasteiger partial charge in [-0.3, -0.25) is 24.3 Å². The van der Waals surface area contributed by atoms with Crippen LogP contribution < -0.4 is 21.7 Å². The number of amides is 3. The fourth-order valence-electron chi connectivity index (χ4n) is 5.11. The number of primary amides is 1. The molecule has 3 amide bonds. The third-order valence-electron chi connectivity index (χ3n) is 7.06. The maximum atomic E-state index is 14.3. The van der Waals surface area contributed by atoms with Crippen molar-refractivity contribution in [3.05, 3.63) is 82.5 Å². The molecule has 0 spiro atoms. The molecule has 39 heavy (non-hydrogen) atoms. The quantitative estimate of drug-likeness (QED) is 0.313. The number of nitrogens with one attached hydrogen (secondary N) is 1. The Kier molecular flexibility index (Phi) is 7.56. The highest BCUT2D eigenvalue weighted by Crippen LogP contribution is 2.35. The molecule has 1 aliphatic carbocycles. The minimum Gasteiger partial charge on any atom is -0.395 e. The molecule has 1 atom stereocenters. The van der Waals surface area contributed by atoms with Crippen molar-refractivity contribution in [2.45, 2.75) is 51.1 Å². The molecule has 1 saturated carbocycles. The zero-order valence-electron chi connectivity index (χ0n) is 21.6. The fraction of sp³-hybridized carbons (Fsp3) is 0.276. The first-order chi connectivity index (χ1) is 18.8. The van der Waals surface area contributed by atoms with Crippen LogP contribution in [-0.4, -0.2) is 33.1 Å². The summed E-state index contributed by atoms with van der Waals surface area (Å²) in [6.45, 7) is 1.91. The Balaban J connectivity index is 1.67. The van der Waals surface area contributed by atoms with Gasteiger partial charge in [0.2, 0.25) is 5.91 Å². The first-order valence-corrected chi connectivity index (χ1v) is 13.7. The monoisotopic (exact) mass is 542 g/mol. The minimum atomic E-state index is -1.02. The average Bonchev–Trinajstić information content (AvgIpc) is 3.33. The summed E-state index contributed by atoms with van der Waals surface area (Å²) >= 11 is 0.794. The first kappa shape index (κ1) is 26.3. The van der Waals surface area contributed by atoms with Gasteiger partial charge in [0.25, 0.3) is 11.8 Å². The van der Waals surface area contributed by atoms with Crippen molar-refractivity contribution >= 4 is 51.5 Å². The molecule has 0 saturated heterocycles. The standard InChI is InChI=1S/C29H30N6O3S/c1-17-7-5-11-21(15-17)35(29(38)26-23(30)24(27(31)36)34-39-26)25(28(37)33-20-9-3-2-4-10-20)19-12-13-22-18(16-19)8-6-14-32-22/h5-8,11-16,20,25H,2-4,9-10,30H2,1H3,(H2,31,36)(H,33,37)/t25-/m1/s1. The van der Waals surface area contributed by atoms with Gasteiger partial charge < -0.3 is 16.8 Å². The van der Waals surface area contributed by atoms with Gasteiger partial charge in [0.1, 0.15) is 10.9 Å². The number of fused-ring (bicyclic) bond motifs is 1. The normalized spacial score (nSPS) is 14.6. The maximum Gasteiger partial charge on any atom is 0.273 e. The van der Waals surface area contributed by atoms with E-state index >= 15 is 0 Å². The van der Waals surface area contributed by atoms with Crippen molar-refractivity contribution in [3.8, 4) is 0 Å². The Bertz CT molecular complexity index is 1550. The van der Waals surface area contributed by atoms with Gasteiger partial charge in [0.05, 0.1) is 11.2 Å². The number of nitrogen functional groups attached to an aromatic ring is 1. The van der Waals surface area contributed by atoms with E-state index < -0.39 is 17.9 Å². The van der Waals surface area contributed by atoms with Crippen molar-refractivity contribution in [1.29, 1.82) is 0 Å². The number of nitrogens with zero attached hydrogens (tertiary/aromatic N) is 3. The van der Waals surface area contributed by atoms with Gasteiger partial charge in [-0.25, -0.2) is 0 Å². The van der Waals surface area contributed by atoms with Gasteiger partial charge in [-0.15, -0.1) is 0 Å². The number of nitrogens with two attached hydrogens (primary N) is 2. The SMILES string of the molecule is Cc1cccc(N(C(=O)c2snc(C(N)=O)c2N)[C@@H](C(=O)NC2CCCCC2)c2ccc3ncccc3c2)c1. The lowest BCUT2D eigenvalue weighted by atomic mass is 9.94. The van der Waals surface area contributed by atoms with Crippen LogP contribution in [0.2, 0.25) is 0 Å². The molecule has 4 aromatic rings. The number of aryl methyl sites for hydroxylation is 1. The molecule has 5 N–H and O–H groups in total. The third-order valence-corrected chi connectivity index (χ3v) is 7.91. The molecule has 0 unspecified atom stereocenters. The number of aromatic nitrogens is 2. The van der Waals surface area contributed by atoms with Crippen LogP contribution in [0.15, 0.2) is 60.8 Å². The molecular weight excluding hydrogens is 512 g/mol. The highest BCUT2D eigenvalue weighted by atomic mass is 32.1. The molecule has 5 rings (SSSR count). The Morgan fingerprint density at radius 2 is 1.85 bits per heavy atom. The second-order valence-corrected chi connectivity index (χ2v) is 10.6. The fourth-order valence-corrected chi connectivity index (χ4v) is 5.85. The van der Waals surface area contributed by atoms with Crippen LogP contribution in [0.3, 0.4) is 0 Å². The molecular formula is C29H30N6O3S. The molecule has 0 bridgehead atoms. The smallest absolute Gasteiger partial charge is 0.273 e. The van der Waals surface area contributed by atoms with Gasteiger partial charge in [0.15, 0.2) is 5.69 Å². The van der Waals surface area contributed by atoms with E-state index in [1.54, 1.807) is 12.3 Å². The molecule has 0 radical (unpaired) electrons. The Labute approximate surface area is 230 Å². The van der Waals surface area contributed by atoms with E-state index in [-0.39, 0.29) is 28.2 Å². The minimum absolute atomic E-state index is 0.0280. The molecule has 200 valence electrons. The zero-order valence-corrected chi connectivity index (χ0v) is 22.4. The van der Waals surface area contributed by atoms with E-state index in [0.717, 1.165) is 60.1 Å². The third kappa shape index (κ3) is 5.46. The second-order valence-electron chi connectivity index (χ2n) is 9.85. The summed E-state index contributed by atoms with van der Waals surface area (Å²) in [7, 11) is 0. The maximum absolute atomic E-state index is 14.3. The van der Waals surface area contributed by atoms with E-state index in [1.165, 1.54) is 4.90 Å². The number of benzene rings is 2. The molecule has 1 fully saturated rings. The van der Waals surface area contributed by atoms with E-state index in [2.05, 4.69) is 14.7 Å². The Hall–Kier alpha value is -4.31. The van der Waals surface area contributed by atoms with Crippen LogP contribution in [0.4, 0.5) is 11.4 Å². The summed E-state index contributed by atoms with van der Waals surface area (Å²) in [4.78, 5) is 46.1. The number of carbonyl (C=O) groups excluding carboxylic acids is 3. The van der Waals surface area contributed by atoms with E-state index in [9.17, 15) is 14.4 Å². The zero-order chi connectivity index (χ0) is 27.5. The average molecular weight is 543 g/mol. The Morgan fingerprint density at radius 3 is 2.56 bits per heavy atom. The number of anilines is 2. The summed E-state index contributed by atoms with van der Waals surface area (Å²) in [6.07, 6.45) is 6.73. The van der Waals surface area contributed by atoms with Gasteiger partial charge in [-0.05, 0) is 72.8 Å². The summed E-state index contributed by atoms with van der Waals surface area (Å²) in [5, 5.41) is 4.05. The van der Waals surface area contributed by atoms with Crippen molar-refractivity contribution in [2.24, 2.45) is 5.73 Å². The molecule has 0 aliphatic heterocycles. The molecule has 1 aliphatic rings. The van der Waals surface area contributed by atoms with Crippen molar-refractivity contribution in [3.63, 3.8) is 0 Å². The van der Waals surface area contributed by atoms with Crippen LogP contribution in [-0.2, 0) is 4.79 Å². The number of hydrogen-bond donors (Lipinski definition) is 3. The van der Waals surface area contributed by atoms with Crippen molar-refractivity contribution in [1.82, 2.24) is 14.7 Å². The van der Waals surface area contributed by atoms with Crippen LogP contribution >= 0.6 is 11.5 Å². The van der Waals surface area contributed by atoms with E-state index in [4.69, 9.17) is 11.5 Å². The van der Waals surface area contributed by atoms with E-state index in [1.807, 2.05) is 55.5 Å². The highest BCUT2D eigenvalue weighted by Gasteiger charge is 2.37. The van der Waals surface area contributed by atoms with Gasteiger partial charge in [0, 0.05) is 23.3 Å². The lowest BCUT2D eigenvalue weighted by Gasteiger charge is -2.33. The highest BCUT2D eigenvalue weighted by molar-refractivity contribution is 7.09. The van der Waals surface area contributed by atoms with Crippen LogP contribution in [0.1, 0.15) is 69.4 Å². The first-order valence-electron chi connectivity index (χ1n) is 12.9. The Morgan fingerprint density at radius 1 is 1.05 bits per heavy atom. The van der Waals surface area contributed by atoms with Crippen LogP contribution in [0.25, 0.3) is 10.9 Å². The van der Waals surface area contributed by atoms with Crippen molar-refractivity contribution < 1.29 is 14.4 Å². The molecule has 9 nitrogen and oxygen atoms in total.